The number of aromatic nitrogens is 2. The largest absolute Gasteiger partial charge is 0.444 e. The van der Waals surface area contributed by atoms with E-state index in [2.05, 4.69) is 15.3 Å². The Hall–Kier alpha value is -4.22. The van der Waals surface area contributed by atoms with E-state index in [0.29, 0.717) is 30.5 Å². The second kappa shape index (κ2) is 13.0. The monoisotopic (exact) mass is 601 g/mol. The lowest BCUT2D eigenvalue weighted by Gasteiger charge is -2.33. The molecule has 230 valence electrons. The minimum Gasteiger partial charge on any atom is -0.444 e. The number of nitrogens with two attached hydrogens (primary N) is 1. The van der Waals surface area contributed by atoms with Crippen molar-refractivity contribution in [2.24, 2.45) is 5.73 Å². The predicted octanol–water partition coefficient (Wildman–Crippen LogP) is 6.69. The number of rotatable bonds is 8. The molecular weight excluding hydrogens is 566 g/mol. The first-order valence-corrected chi connectivity index (χ1v) is 14.0. The van der Waals surface area contributed by atoms with Crippen LogP contribution in [0.25, 0.3) is 0 Å². The molecule has 1 atom stereocenters. The number of hydrogen-bond donors (Lipinski definition) is 2. The van der Waals surface area contributed by atoms with E-state index in [4.69, 9.17) is 10.5 Å². The van der Waals surface area contributed by atoms with Crippen LogP contribution in [0, 0.1) is 5.82 Å². The van der Waals surface area contributed by atoms with Crippen LogP contribution in [0.5, 0.6) is 0 Å². The highest BCUT2D eigenvalue weighted by atomic mass is 19.4. The van der Waals surface area contributed by atoms with Crippen molar-refractivity contribution in [3.8, 4) is 0 Å². The normalized spacial score (nSPS) is 15.2. The van der Waals surface area contributed by atoms with Crippen molar-refractivity contribution in [3.05, 3.63) is 82.9 Å². The fourth-order valence-corrected chi connectivity index (χ4v) is 5.13. The Bertz CT molecular complexity index is 1430. The molecule has 0 aliphatic carbocycles. The Balaban J connectivity index is 1.50. The second-order valence-electron chi connectivity index (χ2n) is 11.7. The zero-order chi connectivity index (χ0) is 31.4. The molecule has 3 N–H and O–H groups in total. The van der Waals surface area contributed by atoms with Gasteiger partial charge in [-0.3, -0.25) is 4.79 Å². The number of anilines is 2. The van der Waals surface area contributed by atoms with Gasteiger partial charge in [0.05, 0.1) is 11.3 Å². The first-order chi connectivity index (χ1) is 20.2. The Morgan fingerprint density at radius 1 is 1.09 bits per heavy atom. The first-order valence-electron chi connectivity index (χ1n) is 14.0. The molecule has 1 fully saturated rings. The molecule has 2 amide bonds. The number of alkyl halides is 3. The number of nitrogens with one attached hydrogen (secondary N) is 1. The average Bonchev–Trinajstić information content (AvgIpc) is 2.91. The molecule has 3 aromatic rings. The number of piperidine rings is 1. The Kier molecular flexibility index (Phi) is 9.56. The van der Waals surface area contributed by atoms with Crippen LogP contribution in [0.4, 0.5) is 34.0 Å². The first kappa shape index (κ1) is 31.7. The molecule has 12 heteroatoms. The van der Waals surface area contributed by atoms with Gasteiger partial charge in [-0.15, -0.1) is 0 Å². The number of amides is 2. The molecule has 8 nitrogen and oxygen atoms in total. The van der Waals surface area contributed by atoms with Gasteiger partial charge in [-0.2, -0.15) is 13.2 Å². The summed E-state index contributed by atoms with van der Waals surface area (Å²) in [6.45, 7) is 6.64. The number of nitrogens with zero attached hydrogens (tertiary/aromatic N) is 3. The van der Waals surface area contributed by atoms with E-state index in [0.717, 1.165) is 18.4 Å². The summed E-state index contributed by atoms with van der Waals surface area (Å²) in [4.78, 5) is 33.9. The van der Waals surface area contributed by atoms with Crippen molar-refractivity contribution < 1.29 is 31.9 Å². The quantitative estimate of drug-likeness (QED) is 0.278. The molecule has 1 aliphatic rings. The maximum absolute atomic E-state index is 14.0. The topological polar surface area (TPSA) is 110 Å². The Labute approximate surface area is 247 Å². The number of carbonyl (C=O) groups is 2. The maximum Gasteiger partial charge on any atom is 0.419 e. The van der Waals surface area contributed by atoms with Crippen molar-refractivity contribution in [3.63, 3.8) is 0 Å². The smallest absolute Gasteiger partial charge is 0.419 e. The molecule has 0 radical (unpaired) electrons. The third-order valence-electron chi connectivity index (χ3n) is 7.11. The zero-order valence-electron chi connectivity index (χ0n) is 24.2. The Morgan fingerprint density at radius 2 is 1.77 bits per heavy atom. The molecule has 0 saturated carbocycles. The van der Waals surface area contributed by atoms with Gasteiger partial charge >= 0.3 is 12.3 Å². The number of primary amides is 1. The van der Waals surface area contributed by atoms with Gasteiger partial charge in [0.15, 0.2) is 0 Å². The highest BCUT2D eigenvalue weighted by molar-refractivity contribution is 5.75. The molecule has 1 saturated heterocycles. The van der Waals surface area contributed by atoms with Crippen molar-refractivity contribution in [2.75, 3.05) is 18.4 Å². The van der Waals surface area contributed by atoms with Crippen LogP contribution in [-0.2, 0) is 22.1 Å². The SMILES string of the molecule is CC(C)(C)OC(=O)N1CCC(c2ccc(Nc3ncc(C(F)(F)F)c(C(CC(N)=O)Cc4cccc(F)c4)n3)cc2)CC1. The highest BCUT2D eigenvalue weighted by Gasteiger charge is 2.38. The van der Waals surface area contributed by atoms with Gasteiger partial charge < -0.3 is 20.7 Å². The minimum atomic E-state index is -4.79. The number of ether oxygens (including phenoxy) is 1. The molecule has 1 aliphatic heterocycles. The number of hydrogen-bond acceptors (Lipinski definition) is 6. The van der Waals surface area contributed by atoms with Crippen molar-refractivity contribution in [1.82, 2.24) is 14.9 Å². The molecule has 1 aromatic heterocycles. The predicted molar refractivity (Wildman–Crippen MR) is 153 cm³/mol. The summed E-state index contributed by atoms with van der Waals surface area (Å²) in [5.41, 5.74) is 5.36. The summed E-state index contributed by atoms with van der Waals surface area (Å²) in [7, 11) is 0. The van der Waals surface area contributed by atoms with Gasteiger partial charge in [-0.1, -0.05) is 24.3 Å². The fraction of sp³-hybridized carbons (Fsp3) is 0.419. The standard InChI is InChI=1S/C31H35F4N5O3/c1-30(2,3)43-29(42)40-13-11-21(12-14-40)20-7-9-24(10-8-20)38-28-37-18-25(31(33,34)35)27(39-28)22(17-26(36)41)15-19-5-4-6-23(32)16-19/h4-10,16,18,21-22H,11-15,17H2,1-3H3,(H2,36,41)(H,37,38,39). The van der Waals surface area contributed by atoms with Gasteiger partial charge in [0.1, 0.15) is 11.4 Å². The van der Waals surface area contributed by atoms with Crippen LogP contribution in [0.15, 0.2) is 54.7 Å². The van der Waals surface area contributed by atoms with Gasteiger partial charge in [0.2, 0.25) is 11.9 Å². The number of likely N-dealkylation sites (tertiary alicyclic amines) is 1. The zero-order valence-corrected chi connectivity index (χ0v) is 24.2. The minimum absolute atomic E-state index is 0.0817. The molecule has 4 rings (SSSR count). The van der Waals surface area contributed by atoms with Crippen LogP contribution in [0.2, 0.25) is 0 Å². The third-order valence-corrected chi connectivity index (χ3v) is 7.11. The van der Waals surface area contributed by atoms with Crippen molar-refractivity contribution in [1.29, 1.82) is 0 Å². The van der Waals surface area contributed by atoms with E-state index in [9.17, 15) is 27.2 Å². The second-order valence-corrected chi connectivity index (χ2v) is 11.7. The fourth-order valence-electron chi connectivity index (χ4n) is 5.13. The van der Waals surface area contributed by atoms with E-state index in [-0.39, 0.29) is 24.4 Å². The number of halogens is 4. The van der Waals surface area contributed by atoms with Crippen molar-refractivity contribution >= 4 is 23.6 Å². The van der Waals surface area contributed by atoms with Crippen molar-refractivity contribution in [2.45, 2.75) is 70.1 Å². The summed E-state index contributed by atoms with van der Waals surface area (Å²) >= 11 is 0. The van der Waals surface area contributed by atoms with Crippen LogP contribution in [-0.4, -0.2) is 45.6 Å². The lowest BCUT2D eigenvalue weighted by Crippen LogP contribution is -2.41. The summed E-state index contributed by atoms with van der Waals surface area (Å²) in [6.07, 6.45) is -3.40. The van der Waals surface area contributed by atoms with E-state index >= 15 is 0 Å². The molecule has 2 heterocycles. The molecular formula is C31H35F4N5O3. The summed E-state index contributed by atoms with van der Waals surface area (Å²) in [5.74, 6) is -2.27. The molecule has 2 aromatic carbocycles. The number of benzene rings is 2. The summed E-state index contributed by atoms with van der Waals surface area (Å²) < 4.78 is 61.1. The van der Waals surface area contributed by atoms with E-state index in [1.807, 2.05) is 32.9 Å². The summed E-state index contributed by atoms with van der Waals surface area (Å²) in [6, 6.07) is 12.8. The molecule has 0 bridgehead atoms. The van der Waals surface area contributed by atoms with Crippen LogP contribution in [0.1, 0.15) is 74.3 Å². The van der Waals surface area contributed by atoms with E-state index in [1.165, 1.54) is 18.2 Å². The highest BCUT2D eigenvalue weighted by Crippen LogP contribution is 2.37. The average molecular weight is 602 g/mol. The van der Waals surface area contributed by atoms with Gasteiger partial charge in [0, 0.05) is 37.3 Å². The molecule has 1 unspecified atom stereocenters. The third kappa shape index (κ3) is 8.89. The molecule has 43 heavy (non-hydrogen) atoms. The van der Waals surface area contributed by atoms with Gasteiger partial charge in [-0.05, 0) is 81.3 Å². The van der Waals surface area contributed by atoms with E-state index < -0.39 is 47.1 Å². The molecule has 0 spiro atoms. The lowest BCUT2D eigenvalue weighted by atomic mass is 9.89. The Morgan fingerprint density at radius 3 is 2.35 bits per heavy atom. The number of carbonyl (C=O) groups excluding carboxylic acids is 2. The van der Waals surface area contributed by atoms with Gasteiger partial charge in [-0.25, -0.2) is 19.2 Å². The van der Waals surface area contributed by atoms with E-state index in [1.54, 1.807) is 23.1 Å². The lowest BCUT2D eigenvalue weighted by molar-refractivity contribution is -0.139. The van der Waals surface area contributed by atoms with Crippen LogP contribution >= 0.6 is 0 Å². The van der Waals surface area contributed by atoms with Crippen LogP contribution in [0.3, 0.4) is 0 Å². The summed E-state index contributed by atoms with van der Waals surface area (Å²) in [5, 5.41) is 2.94. The van der Waals surface area contributed by atoms with Crippen LogP contribution < -0.4 is 11.1 Å². The van der Waals surface area contributed by atoms with Gasteiger partial charge in [0.25, 0.3) is 0 Å². The maximum atomic E-state index is 14.0.